The van der Waals surface area contributed by atoms with Gasteiger partial charge in [0.2, 0.25) is 5.91 Å². The van der Waals surface area contributed by atoms with E-state index < -0.39 is 17.3 Å². The Morgan fingerprint density at radius 3 is 2.55 bits per heavy atom. The second-order valence-corrected chi connectivity index (χ2v) is 8.85. The lowest BCUT2D eigenvalue weighted by atomic mass is 9.91. The zero-order valence-corrected chi connectivity index (χ0v) is 19.0. The van der Waals surface area contributed by atoms with Crippen molar-refractivity contribution in [1.82, 2.24) is 20.2 Å². The third-order valence-electron chi connectivity index (χ3n) is 6.24. The van der Waals surface area contributed by atoms with Gasteiger partial charge in [-0.1, -0.05) is 26.0 Å². The summed E-state index contributed by atoms with van der Waals surface area (Å²) in [5, 5.41) is 17.4. The van der Waals surface area contributed by atoms with E-state index >= 15 is 0 Å². The number of nitrogens with one attached hydrogen (secondary N) is 2. The Kier molecular flexibility index (Phi) is 6.31. The molecule has 2 aliphatic heterocycles. The Labute approximate surface area is 192 Å². The molecule has 0 spiro atoms. The van der Waals surface area contributed by atoms with Crippen molar-refractivity contribution in [3.63, 3.8) is 0 Å². The molecule has 33 heavy (non-hydrogen) atoms. The summed E-state index contributed by atoms with van der Waals surface area (Å²) < 4.78 is 13.5. The van der Waals surface area contributed by atoms with Gasteiger partial charge in [0.05, 0.1) is 5.92 Å². The third kappa shape index (κ3) is 4.40. The number of anilines is 2. The number of benzene rings is 1. The number of fused-ring (bicyclic) bond motifs is 1. The molecule has 1 fully saturated rings. The number of aromatic nitrogens is 2. The number of hydrogen-bond acceptors (Lipinski definition) is 7. The highest BCUT2D eigenvalue weighted by Crippen LogP contribution is 2.37. The van der Waals surface area contributed by atoms with E-state index in [1.807, 2.05) is 25.7 Å². The minimum atomic E-state index is -1.82. The van der Waals surface area contributed by atoms with E-state index in [0.717, 1.165) is 5.56 Å². The first-order chi connectivity index (χ1) is 15.7. The van der Waals surface area contributed by atoms with E-state index in [9.17, 15) is 19.1 Å². The first-order valence-electron chi connectivity index (χ1n) is 11.1. The Bertz CT molecular complexity index is 1040. The number of halogens is 1. The van der Waals surface area contributed by atoms with Crippen LogP contribution >= 0.6 is 0 Å². The quantitative estimate of drug-likeness (QED) is 0.599. The van der Waals surface area contributed by atoms with Crippen molar-refractivity contribution in [3.8, 4) is 0 Å². The van der Waals surface area contributed by atoms with Crippen molar-refractivity contribution in [3.05, 3.63) is 47.5 Å². The van der Waals surface area contributed by atoms with E-state index in [1.165, 1.54) is 30.6 Å². The number of hydrogen-bond donors (Lipinski definition) is 3. The molecule has 0 bridgehead atoms. The largest absolute Gasteiger partial charge is 0.374 e. The van der Waals surface area contributed by atoms with Crippen LogP contribution in [0.5, 0.6) is 0 Å². The second-order valence-electron chi connectivity index (χ2n) is 8.85. The second kappa shape index (κ2) is 9.03. The average Bonchev–Trinajstić information content (AvgIpc) is 3.11. The summed E-state index contributed by atoms with van der Waals surface area (Å²) in [7, 11) is 0. The fraction of sp³-hybridized carbons (Fsp3) is 0.478. The van der Waals surface area contributed by atoms with Gasteiger partial charge in [-0.25, -0.2) is 14.4 Å². The van der Waals surface area contributed by atoms with Crippen LogP contribution in [0.15, 0.2) is 30.6 Å². The first-order valence-corrected chi connectivity index (χ1v) is 11.1. The van der Waals surface area contributed by atoms with Crippen LogP contribution in [-0.2, 0) is 15.2 Å². The van der Waals surface area contributed by atoms with E-state index in [-0.39, 0.29) is 24.4 Å². The summed E-state index contributed by atoms with van der Waals surface area (Å²) in [6.45, 7) is 7.42. The van der Waals surface area contributed by atoms with E-state index in [1.54, 1.807) is 4.90 Å². The van der Waals surface area contributed by atoms with Crippen LogP contribution < -0.4 is 15.5 Å². The smallest absolute Gasteiger partial charge is 0.260 e. The Balaban J connectivity index is 1.52. The number of aliphatic hydroxyl groups is 1. The number of amides is 2. The van der Waals surface area contributed by atoms with Gasteiger partial charge in [-0.05, 0) is 24.6 Å². The molecule has 0 radical (unpaired) electrons. The summed E-state index contributed by atoms with van der Waals surface area (Å²) in [5.74, 6) is -0.0996. The molecular weight excluding hydrogens is 427 g/mol. The third-order valence-corrected chi connectivity index (χ3v) is 6.24. The fourth-order valence-corrected chi connectivity index (χ4v) is 4.25. The summed E-state index contributed by atoms with van der Waals surface area (Å²) >= 11 is 0. The highest BCUT2D eigenvalue weighted by Gasteiger charge is 2.42. The van der Waals surface area contributed by atoms with Crippen molar-refractivity contribution in [2.24, 2.45) is 0 Å². The molecule has 0 saturated carbocycles. The Hall–Kier alpha value is -3.11. The lowest BCUT2D eigenvalue weighted by Crippen LogP contribution is -2.58. The van der Waals surface area contributed by atoms with Gasteiger partial charge in [0.1, 0.15) is 23.8 Å². The molecule has 1 aromatic carbocycles. The molecule has 2 amide bonds. The Morgan fingerprint density at radius 1 is 1.24 bits per heavy atom. The van der Waals surface area contributed by atoms with E-state index in [4.69, 9.17) is 0 Å². The van der Waals surface area contributed by atoms with Crippen LogP contribution in [0, 0.1) is 5.82 Å². The van der Waals surface area contributed by atoms with Gasteiger partial charge in [0, 0.05) is 44.3 Å². The highest BCUT2D eigenvalue weighted by atomic mass is 19.1. The van der Waals surface area contributed by atoms with Gasteiger partial charge in [-0.2, -0.15) is 0 Å². The van der Waals surface area contributed by atoms with E-state index in [2.05, 4.69) is 20.6 Å². The van der Waals surface area contributed by atoms with Crippen LogP contribution in [-0.4, -0.2) is 70.6 Å². The molecule has 2 atom stereocenters. The molecular formula is C23H29FN6O3. The topological polar surface area (TPSA) is 111 Å². The van der Waals surface area contributed by atoms with Crippen molar-refractivity contribution < 1.29 is 19.1 Å². The predicted octanol–water partition coefficient (Wildman–Crippen LogP) is 1.21. The summed E-state index contributed by atoms with van der Waals surface area (Å²) in [6.07, 6.45) is 1.43. The minimum Gasteiger partial charge on any atom is -0.374 e. The summed E-state index contributed by atoms with van der Waals surface area (Å²) in [6, 6.07) is 5.43. The predicted molar refractivity (Wildman–Crippen MR) is 121 cm³/mol. The van der Waals surface area contributed by atoms with Crippen molar-refractivity contribution in [1.29, 1.82) is 0 Å². The lowest BCUT2D eigenvalue weighted by molar-refractivity contribution is -0.152. The molecule has 1 saturated heterocycles. The van der Waals surface area contributed by atoms with Crippen LogP contribution in [0.3, 0.4) is 0 Å². The molecule has 3 N–H and O–H groups in total. The molecule has 0 aliphatic carbocycles. The zero-order chi connectivity index (χ0) is 23.8. The monoisotopic (exact) mass is 456 g/mol. The molecule has 1 aromatic heterocycles. The molecule has 9 nitrogen and oxygen atoms in total. The lowest BCUT2D eigenvalue weighted by Gasteiger charge is -2.40. The maximum atomic E-state index is 13.5. The van der Waals surface area contributed by atoms with Gasteiger partial charge < -0.3 is 25.5 Å². The van der Waals surface area contributed by atoms with Crippen molar-refractivity contribution in [2.45, 2.75) is 38.3 Å². The maximum Gasteiger partial charge on any atom is 0.260 e. The number of nitrogens with zero attached hydrogens (tertiary/aromatic N) is 4. The standard InChI is InChI=1S/C23H29FN6O3/c1-14(2)25-12-23(33,16-4-6-17(24)7-5-16)22(32)30-10-8-29(9-11-30)20-18-15(3)21(31)28-19(18)26-13-27-20/h4-7,13-15,25,33H,8-12H2,1-3H3,(H,26,27,28,31)/t15?,23-/m0/s1. The van der Waals surface area contributed by atoms with Crippen LogP contribution in [0.2, 0.25) is 0 Å². The molecule has 4 rings (SSSR count). The van der Waals surface area contributed by atoms with Crippen LogP contribution in [0.25, 0.3) is 0 Å². The van der Waals surface area contributed by atoms with Gasteiger partial charge in [-0.3, -0.25) is 9.59 Å². The molecule has 176 valence electrons. The zero-order valence-electron chi connectivity index (χ0n) is 19.0. The molecule has 1 unspecified atom stereocenters. The molecule has 2 aliphatic rings. The normalized spacial score (nSPS) is 19.9. The number of piperazine rings is 1. The van der Waals surface area contributed by atoms with Gasteiger partial charge in [0.15, 0.2) is 5.60 Å². The number of carbonyl (C=O) groups is 2. The minimum absolute atomic E-state index is 0.0139. The van der Waals surface area contributed by atoms with Crippen LogP contribution in [0.1, 0.15) is 37.8 Å². The highest BCUT2D eigenvalue weighted by molar-refractivity contribution is 6.03. The first kappa shape index (κ1) is 23.1. The molecule has 2 aromatic rings. The fourth-order valence-electron chi connectivity index (χ4n) is 4.25. The maximum absolute atomic E-state index is 13.5. The Morgan fingerprint density at radius 2 is 1.91 bits per heavy atom. The SMILES string of the molecule is CC(C)NC[C@@](O)(C(=O)N1CCN(c2ncnc3c2C(C)C(=O)N3)CC1)c1ccc(F)cc1. The van der Waals surface area contributed by atoms with E-state index in [0.29, 0.717) is 43.4 Å². The van der Waals surface area contributed by atoms with Gasteiger partial charge in [-0.15, -0.1) is 0 Å². The average molecular weight is 457 g/mol. The summed E-state index contributed by atoms with van der Waals surface area (Å²) in [5.41, 5.74) is -0.705. The number of carbonyl (C=O) groups excluding carboxylic acids is 2. The van der Waals surface area contributed by atoms with Crippen molar-refractivity contribution >= 4 is 23.5 Å². The van der Waals surface area contributed by atoms with Gasteiger partial charge in [0.25, 0.3) is 5.91 Å². The summed E-state index contributed by atoms with van der Waals surface area (Å²) in [4.78, 5) is 37.8. The van der Waals surface area contributed by atoms with Gasteiger partial charge >= 0.3 is 0 Å². The van der Waals surface area contributed by atoms with Crippen molar-refractivity contribution in [2.75, 3.05) is 42.9 Å². The molecule has 10 heteroatoms. The van der Waals surface area contributed by atoms with Crippen LogP contribution in [0.4, 0.5) is 16.0 Å². The number of rotatable bonds is 6. The molecule has 3 heterocycles.